The third-order valence-electron chi connectivity index (χ3n) is 3.56. The molecule has 2 N–H and O–H groups in total. The Morgan fingerprint density at radius 2 is 2.35 bits per heavy atom. The molecule has 0 radical (unpaired) electrons. The molecule has 0 saturated carbocycles. The molecule has 0 aromatic heterocycles. The molecular formula is C14H19N3O3. The zero-order valence-electron chi connectivity index (χ0n) is 11.5. The average molecular weight is 277 g/mol. The van der Waals surface area contributed by atoms with Crippen molar-refractivity contribution in [2.45, 2.75) is 32.2 Å². The van der Waals surface area contributed by atoms with E-state index in [1.807, 2.05) is 6.92 Å². The van der Waals surface area contributed by atoms with Gasteiger partial charge in [-0.25, -0.2) is 0 Å². The first kappa shape index (κ1) is 14.5. The molecule has 2 rings (SSSR count). The van der Waals surface area contributed by atoms with E-state index in [-0.39, 0.29) is 17.6 Å². The summed E-state index contributed by atoms with van der Waals surface area (Å²) in [4.78, 5) is 22.7. The summed E-state index contributed by atoms with van der Waals surface area (Å²) in [7, 11) is 0. The number of hydrogen-bond acceptors (Lipinski definition) is 4. The largest absolute Gasteiger partial charge is 0.348 e. The lowest BCUT2D eigenvalue weighted by atomic mass is 10.0. The molecule has 20 heavy (non-hydrogen) atoms. The van der Waals surface area contributed by atoms with Crippen molar-refractivity contribution in [3.63, 3.8) is 0 Å². The van der Waals surface area contributed by atoms with Crippen LogP contribution in [0.5, 0.6) is 0 Å². The van der Waals surface area contributed by atoms with E-state index in [2.05, 4.69) is 10.6 Å². The van der Waals surface area contributed by atoms with Crippen LogP contribution in [-0.2, 0) is 6.42 Å². The number of aryl methyl sites for hydroxylation is 1. The van der Waals surface area contributed by atoms with Gasteiger partial charge >= 0.3 is 0 Å². The van der Waals surface area contributed by atoms with E-state index in [4.69, 9.17) is 0 Å². The van der Waals surface area contributed by atoms with Gasteiger partial charge in [-0.05, 0) is 31.9 Å². The normalized spacial score (nSPS) is 18.6. The standard InChI is InChI=1S/C14H19N3O3/c1-2-10-5-6-11(8-13(10)17(19)20)14(18)16-12-4-3-7-15-9-12/h5-6,8,12,15H,2-4,7,9H2,1H3,(H,16,18). The SMILES string of the molecule is CCc1ccc(C(=O)NC2CCCNC2)cc1[N+](=O)[O-]. The molecule has 1 amide bonds. The molecule has 6 heteroatoms. The fraction of sp³-hybridized carbons (Fsp3) is 0.500. The van der Waals surface area contributed by atoms with Gasteiger partial charge in [0.25, 0.3) is 11.6 Å². The van der Waals surface area contributed by atoms with Crippen molar-refractivity contribution in [1.29, 1.82) is 0 Å². The van der Waals surface area contributed by atoms with Crippen LogP contribution in [0.3, 0.4) is 0 Å². The van der Waals surface area contributed by atoms with Crippen molar-refractivity contribution in [2.24, 2.45) is 0 Å². The lowest BCUT2D eigenvalue weighted by Gasteiger charge is -2.23. The van der Waals surface area contributed by atoms with Crippen LogP contribution in [0.2, 0.25) is 0 Å². The number of hydrogen-bond donors (Lipinski definition) is 2. The number of rotatable bonds is 4. The Bertz CT molecular complexity index is 510. The van der Waals surface area contributed by atoms with Gasteiger partial charge in [-0.1, -0.05) is 13.0 Å². The topological polar surface area (TPSA) is 84.3 Å². The molecule has 1 aliphatic rings. The monoisotopic (exact) mass is 277 g/mol. The van der Waals surface area contributed by atoms with Crippen LogP contribution in [0.1, 0.15) is 35.7 Å². The molecule has 1 atom stereocenters. The van der Waals surface area contributed by atoms with Gasteiger partial charge in [0.2, 0.25) is 0 Å². The fourth-order valence-corrected chi connectivity index (χ4v) is 2.42. The van der Waals surface area contributed by atoms with Gasteiger partial charge < -0.3 is 10.6 Å². The summed E-state index contributed by atoms with van der Waals surface area (Å²) in [6.45, 7) is 3.58. The highest BCUT2D eigenvalue weighted by Crippen LogP contribution is 2.21. The molecule has 0 aliphatic carbocycles. The Labute approximate surface area is 117 Å². The highest BCUT2D eigenvalue weighted by atomic mass is 16.6. The van der Waals surface area contributed by atoms with Gasteiger partial charge in [0.15, 0.2) is 0 Å². The number of carbonyl (C=O) groups is 1. The van der Waals surface area contributed by atoms with Gasteiger partial charge in [0.1, 0.15) is 0 Å². The molecule has 6 nitrogen and oxygen atoms in total. The van der Waals surface area contributed by atoms with E-state index in [0.717, 1.165) is 25.9 Å². The van der Waals surface area contributed by atoms with Gasteiger partial charge in [-0.15, -0.1) is 0 Å². The van der Waals surface area contributed by atoms with Crippen molar-refractivity contribution < 1.29 is 9.72 Å². The summed E-state index contributed by atoms with van der Waals surface area (Å²) < 4.78 is 0. The van der Waals surface area contributed by atoms with Crippen LogP contribution in [0.15, 0.2) is 18.2 Å². The molecule has 1 aromatic rings. The van der Waals surface area contributed by atoms with Crippen molar-refractivity contribution in [3.05, 3.63) is 39.4 Å². The highest BCUT2D eigenvalue weighted by Gasteiger charge is 2.19. The quantitative estimate of drug-likeness (QED) is 0.647. The maximum atomic E-state index is 12.1. The molecule has 108 valence electrons. The third-order valence-corrected chi connectivity index (χ3v) is 3.56. The molecule has 1 saturated heterocycles. The van der Waals surface area contributed by atoms with Crippen LogP contribution in [-0.4, -0.2) is 30.0 Å². The summed E-state index contributed by atoms with van der Waals surface area (Å²) in [5.41, 5.74) is 1.01. The molecule has 0 spiro atoms. The van der Waals surface area contributed by atoms with E-state index < -0.39 is 4.92 Å². The smallest absolute Gasteiger partial charge is 0.273 e. The van der Waals surface area contributed by atoms with Crippen LogP contribution < -0.4 is 10.6 Å². The number of amides is 1. The van der Waals surface area contributed by atoms with Crippen LogP contribution >= 0.6 is 0 Å². The maximum absolute atomic E-state index is 12.1. The van der Waals surface area contributed by atoms with E-state index >= 15 is 0 Å². The molecule has 1 fully saturated rings. The number of nitrogens with zero attached hydrogens (tertiary/aromatic N) is 1. The number of benzene rings is 1. The summed E-state index contributed by atoms with van der Waals surface area (Å²) in [6.07, 6.45) is 2.54. The second-order valence-electron chi connectivity index (χ2n) is 4.97. The summed E-state index contributed by atoms with van der Waals surface area (Å²) >= 11 is 0. The number of nitro benzene ring substituents is 1. The van der Waals surface area contributed by atoms with Gasteiger partial charge in [0, 0.05) is 29.8 Å². The Balaban J connectivity index is 2.13. The zero-order chi connectivity index (χ0) is 14.5. The molecule has 0 bridgehead atoms. The van der Waals surface area contributed by atoms with E-state index in [9.17, 15) is 14.9 Å². The number of nitrogens with one attached hydrogen (secondary N) is 2. The predicted octanol–water partition coefficient (Wildman–Crippen LogP) is 1.64. The minimum atomic E-state index is -0.433. The number of piperidine rings is 1. The van der Waals surface area contributed by atoms with Crippen LogP contribution in [0.25, 0.3) is 0 Å². The van der Waals surface area contributed by atoms with Crippen molar-refractivity contribution in [3.8, 4) is 0 Å². The highest BCUT2D eigenvalue weighted by molar-refractivity contribution is 5.95. The Morgan fingerprint density at radius 1 is 1.55 bits per heavy atom. The second-order valence-corrected chi connectivity index (χ2v) is 4.97. The summed E-state index contributed by atoms with van der Waals surface area (Å²) in [5, 5.41) is 17.1. The number of nitro groups is 1. The molecule has 1 unspecified atom stereocenters. The average Bonchev–Trinajstić information content (AvgIpc) is 2.47. The lowest BCUT2D eigenvalue weighted by molar-refractivity contribution is -0.385. The Kier molecular flexibility index (Phi) is 4.68. The first-order chi connectivity index (χ1) is 9.61. The van der Waals surface area contributed by atoms with Crippen LogP contribution in [0.4, 0.5) is 5.69 Å². The van der Waals surface area contributed by atoms with E-state index in [1.165, 1.54) is 6.07 Å². The van der Waals surface area contributed by atoms with Gasteiger partial charge in [-0.3, -0.25) is 14.9 Å². The second kappa shape index (κ2) is 6.47. The Hall–Kier alpha value is -1.95. The van der Waals surface area contributed by atoms with E-state index in [0.29, 0.717) is 17.5 Å². The van der Waals surface area contributed by atoms with Gasteiger partial charge in [0.05, 0.1) is 4.92 Å². The fourth-order valence-electron chi connectivity index (χ4n) is 2.42. The first-order valence-electron chi connectivity index (χ1n) is 6.90. The van der Waals surface area contributed by atoms with E-state index in [1.54, 1.807) is 12.1 Å². The maximum Gasteiger partial charge on any atom is 0.273 e. The lowest BCUT2D eigenvalue weighted by Crippen LogP contribution is -2.45. The number of carbonyl (C=O) groups excluding carboxylic acids is 1. The molecule has 1 aliphatic heterocycles. The van der Waals surface area contributed by atoms with Gasteiger partial charge in [-0.2, -0.15) is 0 Å². The predicted molar refractivity (Wildman–Crippen MR) is 75.8 cm³/mol. The minimum absolute atomic E-state index is 0.0157. The molecule has 1 heterocycles. The zero-order valence-corrected chi connectivity index (χ0v) is 11.5. The summed E-state index contributed by atoms with van der Waals surface area (Å²) in [6, 6.07) is 4.77. The molecular weight excluding hydrogens is 258 g/mol. The Morgan fingerprint density at radius 3 is 2.95 bits per heavy atom. The first-order valence-corrected chi connectivity index (χ1v) is 6.90. The minimum Gasteiger partial charge on any atom is -0.348 e. The summed E-state index contributed by atoms with van der Waals surface area (Å²) in [5.74, 6) is -0.246. The third kappa shape index (κ3) is 3.33. The van der Waals surface area contributed by atoms with Crippen LogP contribution in [0, 0.1) is 10.1 Å². The van der Waals surface area contributed by atoms with Crippen molar-refractivity contribution >= 4 is 11.6 Å². The molecule has 1 aromatic carbocycles. The van der Waals surface area contributed by atoms with Crippen molar-refractivity contribution in [1.82, 2.24) is 10.6 Å². The van der Waals surface area contributed by atoms with Crippen molar-refractivity contribution in [2.75, 3.05) is 13.1 Å².